The van der Waals surface area contributed by atoms with Gasteiger partial charge in [0.25, 0.3) is 0 Å². The van der Waals surface area contributed by atoms with E-state index in [1.807, 2.05) is 13.8 Å². The van der Waals surface area contributed by atoms with Crippen molar-refractivity contribution in [2.45, 2.75) is 19.9 Å². The lowest BCUT2D eigenvalue weighted by molar-refractivity contribution is -0.385. The van der Waals surface area contributed by atoms with Crippen molar-refractivity contribution in [1.82, 2.24) is 9.97 Å². The van der Waals surface area contributed by atoms with Crippen LogP contribution in [-0.4, -0.2) is 27.5 Å². The first-order valence-corrected chi connectivity index (χ1v) is 4.96. The molecule has 0 spiro atoms. The Bertz CT molecular complexity index is 351. The van der Waals surface area contributed by atoms with Gasteiger partial charge in [-0.3, -0.25) is 10.1 Å². The highest BCUT2D eigenvalue weighted by Gasteiger charge is 2.09. The van der Waals surface area contributed by atoms with Crippen LogP contribution in [0.25, 0.3) is 0 Å². The molecule has 0 bridgehead atoms. The molecule has 88 valence electrons. The van der Waals surface area contributed by atoms with Crippen LogP contribution < -0.4 is 11.1 Å². The summed E-state index contributed by atoms with van der Waals surface area (Å²) in [6.07, 6.45) is 2.33. The lowest BCUT2D eigenvalue weighted by Gasteiger charge is -2.15. The van der Waals surface area contributed by atoms with Crippen LogP contribution in [0, 0.1) is 16.0 Å². The van der Waals surface area contributed by atoms with Crippen LogP contribution in [-0.2, 0) is 0 Å². The molecule has 0 aliphatic rings. The average molecular weight is 225 g/mol. The molecule has 0 aliphatic heterocycles. The Morgan fingerprint density at radius 1 is 1.50 bits per heavy atom. The number of aromatic nitrogens is 2. The zero-order valence-corrected chi connectivity index (χ0v) is 9.25. The Kier molecular flexibility index (Phi) is 4.12. The molecule has 0 amide bonds. The molecule has 1 rings (SSSR count). The third-order valence-corrected chi connectivity index (χ3v) is 2.20. The summed E-state index contributed by atoms with van der Waals surface area (Å²) >= 11 is 0. The quantitative estimate of drug-likeness (QED) is 0.566. The van der Waals surface area contributed by atoms with Gasteiger partial charge in [-0.05, 0) is 5.92 Å². The predicted octanol–water partition coefficient (Wildman–Crippen LogP) is 0.780. The second-order valence-electron chi connectivity index (χ2n) is 3.81. The molecular formula is C9H15N5O2. The summed E-state index contributed by atoms with van der Waals surface area (Å²) in [5.41, 5.74) is 5.69. The number of rotatable bonds is 5. The highest BCUT2D eigenvalue weighted by Crippen LogP contribution is 2.08. The fourth-order valence-corrected chi connectivity index (χ4v) is 0.952. The minimum Gasteiger partial charge on any atom is -0.353 e. The first-order chi connectivity index (χ1) is 7.50. The largest absolute Gasteiger partial charge is 0.353 e. The maximum atomic E-state index is 10.4. The summed E-state index contributed by atoms with van der Waals surface area (Å²) < 4.78 is 0. The van der Waals surface area contributed by atoms with E-state index in [9.17, 15) is 10.1 Å². The number of nitrogens with zero attached hydrogens (tertiary/aromatic N) is 3. The van der Waals surface area contributed by atoms with E-state index < -0.39 is 4.92 Å². The molecule has 0 radical (unpaired) electrons. The van der Waals surface area contributed by atoms with Gasteiger partial charge in [-0.15, -0.1) is 0 Å². The van der Waals surface area contributed by atoms with Gasteiger partial charge in [0.15, 0.2) is 0 Å². The number of hydrogen-bond donors (Lipinski definition) is 2. The van der Waals surface area contributed by atoms with E-state index in [1.54, 1.807) is 0 Å². The van der Waals surface area contributed by atoms with Gasteiger partial charge in [0.1, 0.15) is 12.4 Å². The van der Waals surface area contributed by atoms with Crippen LogP contribution in [0.1, 0.15) is 13.8 Å². The molecule has 16 heavy (non-hydrogen) atoms. The van der Waals surface area contributed by atoms with E-state index in [0.29, 0.717) is 18.4 Å². The minimum absolute atomic E-state index is 0.00112. The van der Waals surface area contributed by atoms with Gasteiger partial charge < -0.3 is 11.1 Å². The maximum Gasteiger partial charge on any atom is 0.305 e. The van der Waals surface area contributed by atoms with Crippen LogP contribution >= 0.6 is 0 Å². The molecule has 1 heterocycles. The van der Waals surface area contributed by atoms with Crippen molar-refractivity contribution in [2.24, 2.45) is 11.7 Å². The third kappa shape index (κ3) is 3.43. The standard InChI is InChI=1S/C9H15N5O2/c1-6(2)8(10)5-13-9-11-3-7(4-12-9)14(15)16/h3-4,6,8H,5,10H2,1-2H3,(H,11,12,13). The van der Waals surface area contributed by atoms with Crippen LogP contribution in [0.3, 0.4) is 0 Å². The Balaban J connectivity index is 2.53. The van der Waals surface area contributed by atoms with Crippen molar-refractivity contribution < 1.29 is 4.92 Å². The van der Waals surface area contributed by atoms with Crippen molar-refractivity contribution >= 4 is 11.6 Å². The summed E-state index contributed by atoms with van der Waals surface area (Å²) in [5, 5.41) is 13.3. The summed E-state index contributed by atoms with van der Waals surface area (Å²) in [6.45, 7) is 4.57. The molecule has 0 aliphatic carbocycles. The highest BCUT2D eigenvalue weighted by atomic mass is 16.6. The van der Waals surface area contributed by atoms with Crippen molar-refractivity contribution in [3.8, 4) is 0 Å². The Hall–Kier alpha value is -1.76. The van der Waals surface area contributed by atoms with Crippen molar-refractivity contribution in [3.63, 3.8) is 0 Å². The Morgan fingerprint density at radius 2 is 2.06 bits per heavy atom. The summed E-state index contributed by atoms with van der Waals surface area (Å²) in [4.78, 5) is 17.4. The maximum absolute atomic E-state index is 10.4. The summed E-state index contributed by atoms with van der Waals surface area (Å²) in [6, 6.07) is -0.00112. The average Bonchev–Trinajstić information content (AvgIpc) is 2.26. The van der Waals surface area contributed by atoms with Crippen LogP contribution in [0.15, 0.2) is 12.4 Å². The topological polar surface area (TPSA) is 107 Å². The first-order valence-electron chi connectivity index (χ1n) is 4.96. The molecular weight excluding hydrogens is 210 g/mol. The minimum atomic E-state index is -0.538. The lowest BCUT2D eigenvalue weighted by atomic mass is 10.1. The zero-order valence-electron chi connectivity index (χ0n) is 9.25. The fourth-order valence-electron chi connectivity index (χ4n) is 0.952. The summed E-state index contributed by atoms with van der Waals surface area (Å²) in [5.74, 6) is 0.701. The smallest absolute Gasteiger partial charge is 0.305 e. The van der Waals surface area contributed by atoms with Crippen molar-refractivity contribution in [1.29, 1.82) is 0 Å². The highest BCUT2D eigenvalue weighted by molar-refractivity contribution is 5.30. The van der Waals surface area contributed by atoms with Gasteiger partial charge in [0.2, 0.25) is 5.95 Å². The van der Waals surface area contributed by atoms with Gasteiger partial charge in [0, 0.05) is 12.6 Å². The monoisotopic (exact) mass is 225 g/mol. The van der Waals surface area contributed by atoms with Gasteiger partial charge in [-0.1, -0.05) is 13.8 Å². The Morgan fingerprint density at radius 3 is 2.50 bits per heavy atom. The molecule has 1 atom stereocenters. The van der Waals surface area contributed by atoms with E-state index in [1.165, 1.54) is 0 Å². The summed E-state index contributed by atoms with van der Waals surface area (Å²) in [7, 11) is 0. The second-order valence-corrected chi connectivity index (χ2v) is 3.81. The molecule has 7 nitrogen and oxygen atoms in total. The number of nitro groups is 1. The molecule has 1 aromatic rings. The number of nitrogens with two attached hydrogens (primary N) is 1. The normalized spacial score (nSPS) is 12.5. The molecule has 0 saturated carbocycles. The van der Waals surface area contributed by atoms with E-state index in [2.05, 4.69) is 15.3 Å². The molecule has 1 unspecified atom stereocenters. The van der Waals surface area contributed by atoms with Crippen LogP contribution in [0.4, 0.5) is 11.6 Å². The van der Waals surface area contributed by atoms with E-state index in [-0.39, 0.29) is 11.7 Å². The third-order valence-electron chi connectivity index (χ3n) is 2.20. The second kappa shape index (κ2) is 5.36. The number of hydrogen-bond acceptors (Lipinski definition) is 6. The zero-order chi connectivity index (χ0) is 12.1. The molecule has 0 saturated heterocycles. The molecule has 0 aromatic carbocycles. The van der Waals surface area contributed by atoms with Crippen molar-refractivity contribution in [3.05, 3.63) is 22.5 Å². The van der Waals surface area contributed by atoms with Crippen LogP contribution in [0.2, 0.25) is 0 Å². The molecule has 1 aromatic heterocycles. The SMILES string of the molecule is CC(C)C(N)CNc1ncc([N+](=O)[O-])cn1. The van der Waals surface area contributed by atoms with Gasteiger partial charge in [0.05, 0.1) is 4.92 Å². The van der Waals surface area contributed by atoms with Gasteiger partial charge in [-0.2, -0.15) is 0 Å². The Labute approximate surface area is 93.2 Å². The van der Waals surface area contributed by atoms with Crippen LogP contribution in [0.5, 0.6) is 0 Å². The lowest BCUT2D eigenvalue weighted by Crippen LogP contribution is -2.34. The van der Waals surface area contributed by atoms with Crippen molar-refractivity contribution in [2.75, 3.05) is 11.9 Å². The van der Waals surface area contributed by atoms with Gasteiger partial charge >= 0.3 is 5.69 Å². The first kappa shape index (κ1) is 12.3. The predicted molar refractivity (Wildman–Crippen MR) is 60.0 cm³/mol. The number of nitrogens with one attached hydrogen (secondary N) is 1. The number of anilines is 1. The molecule has 3 N–H and O–H groups in total. The van der Waals surface area contributed by atoms with E-state index in [4.69, 9.17) is 5.73 Å². The molecule has 7 heteroatoms. The van der Waals surface area contributed by atoms with Gasteiger partial charge in [-0.25, -0.2) is 9.97 Å². The fraction of sp³-hybridized carbons (Fsp3) is 0.556. The van der Waals surface area contributed by atoms with E-state index in [0.717, 1.165) is 12.4 Å². The van der Waals surface area contributed by atoms with E-state index >= 15 is 0 Å². The molecule has 0 fully saturated rings.